The van der Waals surface area contributed by atoms with E-state index in [-0.39, 0.29) is 11.6 Å². The first-order valence-electron chi connectivity index (χ1n) is 13.2. The van der Waals surface area contributed by atoms with E-state index in [2.05, 4.69) is 40.4 Å². The van der Waals surface area contributed by atoms with Crippen LogP contribution < -0.4 is 5.32 Å². The van der Waals surface area contributed by atoms with Crippen LogP contribution in [0.5, 0.6) is 0 Å². The number of Topliss-reactive ketones (excluding diaryl/α,β-unsaturated/α-hetero) is 2. The van der Waals surface area contributed by atoms with E-state index in [0.29, 0.717) is 18.0 Å². The van der Waals surface area contributed by atoms with Gasteiger partial charge in [0.1, 0.15) is 0 Å². The molecule has 37 heavy (non-hydrogen) atoms. The van der Waals surface area contributed by atoms with Crippen molar-refractivity contribution in [1.29, 1.82) is 0 Å². The number of nitrogens with zero attached hydrogens (tertiary/aromatic N) is 1. The minimum Gasteiger partial charge on any atom is -0.360 e. The number of benzene rings is 3. The molecule has 0 spiro atoms. The Balaban J connectivity index is 1.34. The normalized spacial score (nSPS) is 15.6. The summed E-state index contributed by atoms with van der Waals surface area (Å²) in [5.41, 5.74) is 5.90. The van der Waals surface area contributed by atoms with E-state index in [0.717, 1.165) is 47.1 Å². The fourth-order valence-electron chi connectivity index (χ4n) is 5.37. The summed E-state index contributed by atoms with van der Waals surface area (Å²) in [6, 6.07) is 23.7. The minimum atomic E-state index is -0.440. The van der Waals surface area contributed by atoms with Gasteiger partial charge in [0.15, 0.2) is 11.6 Å². The highest BCUT2D eigenvalue weighted by Gasteiger charge is 2.25. The molecule has 2 N–H and O–H groups in total. The Morgan fingerprint density at radius 2 is 1.73 bits per heavy atom. The lowest BCUT2D eigenvalue weighted by molar-refractivity contribution is 0.0944. The van der Waals surface area contributed by atoms with Crippen LogP contribution in [-0.4, -0.2) is 48.1 Å². The predicted octanol–water partition coefficient (Wildman–Crippen LogP) is 5.94. The Labute approximate surface area is 218 Å². The second kappa shape index (κ2) is 11.2. The molecular formula is C32H35N3O2. The number of hydrogen-bond acceptors (Lipinski definition) is 4. The van der Waals surface area contributed by atoms with Gasteiger partial charge in [0.2, 0.25) is 0 Å². The summed E-state index contributed by atoms with van der Waals surface area (Å²) < 4.78 is 0. The molecule has 0 saturated carbocycles. The molecule has 0 aliphatic carbocycles. The van der Waals surface area contributed by atoms with E-state index in [4.69, 9.17) is 0 Å². The van der Waals surface area contributed by atoms with Gasteiger partial charge in [0.25, 0.3) is 0 Å². The predicted molar refractivity (Wildman–Crippen MR) is 149 cm³/mol. The molecule has 5 nitrogen and oxygen atoms in total. The Kier molecular flexibility index (Phi) is 7.63. The van der Waals surface area contributed by atoms with Gasteiger partial charge < -0.3 is 15.2 Å². The Hall–Kier alpha value is -3.54. The molecule has 1 atom stereocenters. The average Bonchev–Trinajstić information content (AvgIpc) is 3.35. The second-order valence-electron chi connectivity index (χ2n) is 10.3. The van der Waals surface area contributed by atoms with Crippen molar-refractivity contribution < 1.29 is 9.59 Å². The SMILES string of the molecule is CC(=O)c1ccc(CCN[C@@H](C(=O)c2c[nH]c3cc(C4CCN(C)CC4)ccc23)c2ccccc2)cc1. The maximum absolute atomic E-state index is 13.9. The standard InChI is InChI=1S/C32H35N3O2/c1-22(36)24-10-8-23(9-11-24)14-17-33-31(26-6-4-3-5-7-26)32(37)29-21-34-30-20-27(12-13-28(29)30)25-15-18-35(2)19-16-25/h3-13,20-21,25,31,33-34H,14-19H2,1-2H3/t31-/m1/s1. The number of H-pyrrole nitrogens is 1. The van der Waals surface area contributed by atoms with Gasteiger partial charge in [-0.25, -0.2) is 0 Å². The molecule has 3 aromatic carbocycles. The van der Waals surface area contributed by atoms with Crippen molar-refractivity contribution >= 4 is 22.5 Å². The number of aromatic nitrogens is 1. The molecule has 1 aromatic heterocycles. The molecule has 0 amide bonds. The fraction of sp³-hybridized carbons (Fsp3) is 0.312. The number of nitrogens with one attached hydrogen (secondary N) is 2. The minimum absolute atomic E-state index is 0.0661. The molecular weight excluding hydrogens is 458 g/mol. The zero-order chi connectivity index (χ0) is 25.8. The lowest BCUT2D eigenvalue weighted by atomic mass is 9.88. The van der Waals surface area contributed by atoms with Gasteiger partial charge >= 0.3 is 0 Å². The summed E-state index contributed by atoms with van der Waals surface area (Å²) in [5.74, 6) is 0.708. The summed E-state index contributed by atoms with van der Waals surface area (Å²) in [6.45, 7) is 4.48. The lowest BCUT2D eigenvalue weighted by Gasteiger charge is -2.29. The van der Waals surface area contributed by atoms with E-state index in [1.165, 1.54) is 18.4 Å². The number of rotatable bonds is 9. The van der Waals surface area contributed by atoms with Gasteiger partial charge in [-0.15, -0.1) is 0 Å². The van der Waals surface area contributed by atoms with Crippen LogP contribution in [-0.2, 0) is 6.42 Å². The Morgan fingerprint density at radius 1 is 1.00 bits per heavy atom. The lowest BCUT2D eigenvalue weighted by Crippen LogP contribution is -2.30. The van der Waals surface area contributed by atoms with Gasteiger partial charge in [-0.2, -0.15) is 0 Å². The summed E-state index contributed by atoms with van der Waals surface area (Å²) in [5, 5.41) is 4.48. The van der Waals surface area contributed by atoms with E-state index in [9.17, 15) is 9.59 Å². The molecule has 190 valence electrons. The zero-order valence-electron chi connectivity index (χ0n) is 21.7. The van der Waals surface area contributed by atoms with Gasteiger partial charge in [0.05, 0.1) is 6.04 Å². The van der Waals surface area contributed by atoms with Crippen molar-refractivity contribution in [3.63, 3.8) is 0 Å². The topological polar surface area (TPSA) is 65.2 Å². The van der Waals surface area contributed by atoms with Crippen molar-refractivity contribution in [2.75, 3.05) is 26.7 Å². The van der Waals surface area contributed by atoms with Crippen LogP contribution in [0, 0.1) is 0 Å². The van der Waals surface area contributed by atoms with Crippen molar-refractivity contribution in [3.8, 4) is 0 Å². The molecule has 1 aliphatic rings. The molecule has 4 aromatic rings. The maximum atomic E-state index is 13.9. The summed E-state index contributed by atoms with van der Waals surface area (Å²) >= 11 is 0. The van der Waals surface area contributed by atoms with Crippen LogP contribution in [0.2, 0.25) is 0 Å². The van der Waals surface area contributed by atoms with Crippen LogP contribution in [0.1, 0.15) is 69.1 Å². The van der Waals surface area contributed by atoms with Gasteiger partial charge in [-0.1, -0.05) is 66.7 Å². The smallest absolute Gasteiger partial charge is 0.186 e. The quantitative estimate of drug-likeness (QED) is 0.283. The number of carbonyl (C=O) groups excluding carboxylic acids is 2. The van der Waals surface area contributed by atoms with Crippen molar-refractivity contribution in [2.45, 2.75) is 38.1 Å². The van der Waals surface area contributed by atoms with Crippen LogP contribution in [0.15, 0.2) is 79.0 Å². The first kappa shape index (κ1) is 25.1. The summed E-state index contributed by atoms with van der Waals surface area (Å²) in [7, 11) is 2.18. The third kappa shape index (κ3) is 5.74. The van der Waals surface area contributed by atoms with Gasteiger partial charge in [0, 0.05) is 34.8 Å². The Bertz CT molecular complexity index is 1370. The van der Waals surface area contributed by atoms with Gasteiger partial charge in [-0.05, 0) is 75.0 Å². The average molecular weight is 494 g/mol. The number of likely N-dealkylation sites (tertiary alicyclic amines) is 1. The monoisotopic (exact) mass is 493 g/mol. The van der Waals surface area contributed by atoms with E-state index in [1.54, 1.807) is 6.92 Å². The largest absolute Gasteiger partial charge is 0.360 e. The van der Waals surface area contributed by atoms with Crippen LogP contribution in [0.4, 0.5) is 0 Å². The van der Waals surface area contributed by atoms with Crippen molar-refractivity contribution in [3.05, 3.63) is 107 Å². The van der Waals surface area contributed by atoms with Crippen LogP contribution >= 0.6 is 0 Å². The van der Waals surface area contributed by atoms with Crippen LogP contribution in [0.25, 0.3) is 10.9 Å². The molecule has 1 aliphatic heterocycles. The Morgan fingerprint density at radius 3 is 2.43 bits per heavy atom. The fourth-order valence-corrected chi connectivity index (χ4v) is 5.37. The summed E-state index contributed by atoms with van der Waals surface area (Å²) in [6.07, 6.45) is 4.98. The second-order valence-corrected chi connectivity index (χ2v) is 10.3. The number of aromatic amines is 1. The molecule has 1 saturated heterocycles. The molecule has 2 heterocycles. The highest BCUT2D eigenvalue weighted by molar-refractivity contribution is 6.10. The molecule has 5 rings (SSSR count). The zero-order valence-corrected chi connectivity index (χ0v) is 21.7. The number of piperidine rings is 1. The summed E-state index contributed by atoms with van der Waals surface area (Å²) in [4.78, 5) is 31.2. The third-order valence-corrected chi connectivity index (χ3v) is 7.68. The number of carbonyl (C=O) groups is 2. The number of fused-ring (bicyclic) bond motifs is 1. The first-order chi connectivity index (χ1) is 18.0. The van der Waals surface area contributed by atoms with Crippen molar-refractivity contribution in [1.82, 2.24) is 15.2 Å². The highest BCUT2D eigenvalue weighted by Crippen LogP contribution is 2.31. The van der Waals surface area contributed by atoms with E-state index in [1.807, 2.05) is 60.8 Å². The van der Waals surface area contributed by atoms with E-state index < -0.39 is 6.04 Å². The first-order valence-corrected chi connectivity index (χ1v) is 13.2. The van der Waals surface area contributed by atoms with Gasteiger partial charge in [-0.3, -0.25) is 9.59 Å². The van der Waals surface area contributed by atoms with E-state index >= 15 is 0 Å². The third-order valence-electron chi connectivity index (χ3n) is 7.68. The molecule has 0 unspecified atom stereocenters. The molecule has 5 heteroatoms. The van der Waals surface area contributed by atoms with Crippen molar-refractivity contribution in [2.24, 2.45) is 0 Å². The highest BCUT2D eigenvalue weighted by atomic mass is 16.1. The molecule has 0 radical (unpaired) electrons. The maximum Gasteiger partial charge on any atom is 0.186 e. The van der Waals surface area contributed by atoms with Crippen LogP contribution in [0.3, 0.4) is 0 Å². The molecule has 1 fully saturated rings. The number of hydrogen-bond donors (Lipinski definition) is 2. The number of ketones is 2. The molecule has 0 bridgehead atoms.